The lowest BCUT2D eigenvalue weighted by Gasteiger charge is -2.22. The summed E-state index contributed by atoms with van der Waals surface area (Å²) in [4.78, 5) is 13.4. The van der Waals surface area contributed by atoms with Crippen molar-refractivity contribution in [2.45, 2.75) is 0 Å². The van der Waals surface area contributed by atoms with Gasteiger partial charge >= 0.3 is 6.03 Å². The van der Waals surface area contributed by atoms with Gasteiger partial charge in [0.1, 0.15) is 0 Å². The van der Waals surface area contributed by atoms with Crippen LogP contribution in [0.25, 0.3) is 0 Å². The van der Waals surface area contributed by atoms with E-state index < -0.39 is 0 Å². The summed E-state index contributed by atoms with van der Waals surface area (Å²) in [5, 5.41) is 2.40. The number of nitrogens with zero attached hydrogens (tertiary/aromatic N) is 1. The average Bonchev–Trinajstić information content (AvgIpc) is 2.41. The van der Waals surface area contributed by atoms with E-state index in [4.69, 9.17) is 0 Å². The highest BCUT2D eigenvalue weighted by atomic mass is 16.2. The summed E-state index contributed by atoms with van der Waals surface area (Å²) >= 11 is 0. The molecule has 0 saturated carbocycles. The van der Waals surface area contributed by atoms with Gasteiger partial charge < -0.3 is 5.32 Å². The molecule has 3 heteroatoms. The molecule has 0 unspecified atom stereocenters. The summed E-state index contributed by atoms with van der Waals surface area (Å²) in [5.74, 6) is 0. The molecule has 1 radical (unpaired) electrons. The molecule has 0 atom stereocenters. The Bertz CT molecular complexity index is 443. The molecular weight excluding hydrogens is 212 g/mol. The minimum Gasteiger partial charge on any atom is -0.336 e. The van der Waals surface area contributed by atoms with Crippen LogP contribution in [0.2, 0.25) is 0 Å². The predicted octanol–water partition coefficient (Wildman–Crippen LogP) is 3.33. The van der Waals surface area contributed by atoms with E-state index in [1.165, 1.54) is 0 Å². The number of carbonyl (C=O) groups excluding carboxylic acids is 1. The molecule has 0 saturated heterocycles. The van der Waals surface area contributed by atoms with Crippen LogP contribution >= 0.6 is 0 Å². The Morgan fingerprint density at radius 1 is 0.882 bits per heavy atom. The van der Waals surface area contributed by atoms with Crippen molar-refractivity contribution in [1.82, 2.24) is 5.32 Å². The van der Waals surface area contributed by atoms with E-state index in [9.17, 15) is 4.79 Å². The van der Waals surface area contributed by atoms with E-state index in [1.54, 1.807) is 4.90 Å². The lowest BCUT2D eigenvalue weighted by Crippen LogP contribution is -2.33. The minimum absolute atomic E-state index is 0.262. The summed E-state index contributed by atoms with van der Waals surface area (Å²) in [6, 6.07) is 18.6. The van der Waals surface area contributed by atoms with Gasteiger partial charge in [0.05, 0.1) is 11.4 Å². The van der Waals surface area contributed by atoms with Gasteiger partial charge in [-0.15, -0.1) is 0 Å². The number of hydrogen-bond acceptors (Lipinski definition) is 1. The second-order valence-corrected chi connectivity index (χ2v) is 3.49. The number of hydrogen-bond donors (Lipinski definition) is 1. The van der Waals surface area contributed by atoms with E-state index in [-0.39, 0.29) is 6.03 Å². The zero-order valence-corrected chi connectivity index (χ0v) is 9.34. The first-order valence-electron chi connectivity index (χ1n) is 5.30. The second-order valence-electron chi connectivity index (χ2n) is 3.49. The molecule has 0 aliphatic heterocycles. The highest BCUT2D eigenvalue weighted by Gasteiger charge is 2.15. The van der Waals surface area contributed by atoms with Gasteiger partial charge in [0, 0.05) is 7.05 Å². The molecule has 85 valence electrons. The van der Waals surface area contributed by atoms with E-state index in [0.717, 1.165) is 11.4 Å². The first kappa shape index (κ1) is 11.2. The number of nitrogens with one attached hydrogen (secondary N) is 1. The molecule has 2 rings (SSSR count). The number of para-hydroxylation sites is 2. The number of carbonyl (C=O) groups is 1. The third kappa shape index (κ3) is 2.45. The Balaban J connectivity index is 2.43. The van der Waals surface area contributed by atoms with Crippen molar-refractivity contribution < 1.29 is 4.79 Å². The first-order valence-corrected chi connectivity index (χ1v) is 5.30. The summed E-state index contributed by atoms with van der Waals surface area (Å²) in [6.07, 6.45) is 0. The Kier molecular flexibility index (Phi) is 3.40. The molecule has 0 aliphatic carbocycles. The number of amides is 2. The maximum Gasteiger partial charge on any atom is 0.326 e. The van der Waals surface area contributed by atoms with Gasteiger partial charge in [-0.25, -0.2) is 4.79 Å². The molecule has 17 heavy (non-hydrogen) atoms. The summed E-state index contributed by atoms with van der Waals surface area (Å²) in [6.45, 7) is 0. The Hall–Kier alpha value is -2.29. The molecule has 0 fully saturated rings. The van der Waals surface area contributed by atoms with E-state index in [1.807, 2.05) is 60.7 Å². The van der Waals surface area contributed by atoms with Gasteiger partial charge in [-0.3, -0.25) is 4.90 Å². The second kappa shape index (κ2) is 5.16. The topological polar surface area (TPSA) is 32.3 Å². The monoisotopic (exact) mass is 225 g/mol. The molecule has 0 aliphatic rings. The number of rotatable bonds is 2. The number of benzene rings is 2. The lowest BCUT2D eigenvalue weighted by molar-refractivity contribution is 0.251. The van der Waals surface area contributed by atoms with Crippen molar-refractivity contribution in [2.24, 2.45) is 0 Å². The van der Waals surface area contributed by atoms with Gasteiger partial charge in [0.2, 0.25) is 0 Å². The SMILES string of the molecule is [CH2]NC(=O)N(c1ccccc1)c1ccccc1. The van der Waals surface area contributed by atoms with Crippen LogP contribution in [0.4, 0.5) is 16.2 Å². The van der Waals surface area contributed by atoms with E-state index in [2.05, 4.69) is 12.4 Å². The lowest BCUT2D eigenvalue weighted by atomic mass is 10.2. The van der Waals surface area contributed by atoms with Crippen LogP contribution in [0, 0.1) is 7.05 Å². The third-order valence-corrected chi connectivity index (χ3v) is 2.38. The van der Waals surface area contributed by atoms with Gasteiger partial charge in [0.25, 0.3) is 0 Å². The smallest absolute Gasteiger partial charge is 0.326 e. The highest BCUT2D eigenvalue weighted by Crippen LogP contribution is 2.24. The third-order valence-electron chi connectivity index (χ3n) is 2.38. The van der Waals surface area contributed by atoms with Crippen LogP contribution in [-0.4, -0.2) is 6.03 Å². The van der Waals surface area contributed by atoms with Crippen molar-refractivity contribution in [3.05, 3.63) is 67.7 Å². The van der Waals surface area contributed by atoms with Crippen molar-refractivity contribution >= 4 is 17.4 Å². The molecule has 2 aromatic carbocycles. The maximum absolute atomic E-state index is 11.9. The standard InChI is InChI=1S/C14H13N2O/c1-15-14(17)16(12-8-4-2-5-9-12)13-10-6-3-7-11-13/h2-11H,1H2,(H,15,17). The fourth-order valence-corrected chi connectivity index (χ4v) is 1.62. The van der Waals surface area contributed by atoms with Crippen LogP contribution in [0.1, 0.15) is 0 Å². The molecule has 0 aromatic heterocycles. The highest BCUT2D eigenvalue weighted by molar-refractivity contribution is 5.99. The van der Waals surface area contributed by atoms with Gasteiger partial charge in [-0.05, 0) is 24.3 Å². The summed E-state index contributed by atoms with van der Waals surface area (Å²) < 4.78 is 0. The number of urea groups is 1. The van der Waals surface area contributed by atoms with Crippen LogP contribution in [0.15, 0.2) is 60.7 Å². The molecule has 3 nitrogen and oxygen atoms in total. The average molecular weight is 225 g/mol. The maximum atomic E-state index is 11.9. The van der Waals surface area contributed by atoms with Crippen molar-refractivity contribution in [3.63, 3.8) is 0 Å². The summed E-state index contributed by atoms with van der Waals surface area (Å²) in [7, 11) is 3.42. The van der Waals surface area contributed by atoms with Crippen molar-refractivity contribution in [3.8, 4) is 0 Å². The number of anilines is 2. The molecule has 0 bridgehead atoms. The molecule has 1 N–H and O–H groups in total. The molecule has 0 heterocycles. The van der Waals surface area contributed by atoms with E-state index >= 15 is 0 Å². The predicted molar refractivity (Wildman–Crippen MR) is 68.9 cm³/mol. The Morgan fingerprint density at radius 2 is 1.29 bits per heavy atom. The largest absolute Gasteiger partial charge is 0.336 e. The molecule has 2 aromatic rings. The van der Waals surface area contributed by atoms with Crippen molar-refractivity contribution in [1.29, 1.82) is 0 Å². The fraction of sp³-hybridized carbons (Fsp3) is 0. The van der Waals surface area contributed by atoms with Crippen LogP contribution in [-0.2, 0) is 0 Å². The van der Waals surface area contributed by atoms with Crippen LogP contribution < -0.4 is 10.2 Å². The van der Waals surface area contributed by atoms with E-state index in [0.29, 0.717) is 0 Å². The first-order chi connectivity index (χ1) is 8.33. The Labute approximate surface area is 101 Å². The summed E-state index contributed by atoms with van der Waals surface area (Å²) in [5.41, 5.74) is 1.61. The quantitative estimate of drug-likeness (QED) is 0.835. The zero-order chi connectivity index (χ0) is 12.1. The van der Waals surface area contributed by atoms with Gasteiger partial charge in [0.15, 0.2) is 0 Å². The Morgan fingerprint density at radius 3 is 1.65 bits per heavy atom. The van der Waals surface area contributed by atoms with Crippen LogP contribution in [0.3, 0.4) is 0 Å². The van der Waals surface area contributed by atoms with Crippen molar-refractivity contribution in [2.75, 3.05) is 4.90 Å². The molecular formula is C14H13N2O. The van der Waals surface area contributed by atoms with Gasteiger partial charge in [-0.2, -0.15) is 0 Å². The normalized spacial score (nSPS) is 9.71. The molecule has 0 spiro atoms. The minimum atomic E-state index is -0.262. The molecule has 2 amide bonds. The zero-order valence-electron chi connectivity index (χ0n) is 9.34. The van der Waals surface area contributed by atoms with Crippen LogP contribution in [0.5, 0.6) is 0 Å². The fourth-order valence-electron chi connectivity index (χ4n) is 1.62. The van der Waals surface area contributed by atoms with Gasteiger partial charge in [-0.1, -0.05) is 36.4 Å².